The maximum atomic E-state index is 13.6. The van der Waals surface area contributed by atoms with Gasteiger partial charge >= 0.3 is 5.97 Å². The van der Waals surface area contributed by atoms with E-state index in [2.05, 4.69) is 13.8 Å². The van der Waals surface area contributed by atoms with E-state index < -0.39 is 11.0 Å². The molecule has 0 N–H and O–H groups in total. The lowest BCUT2D eigenvalue weighted by Crippen LogP contribution is -2.60. The maximum absolute atomic E-state index is 13.6. The molecule has 4 heteroatoms. The van der Waals surface area contributed by atoms with Crippen LogP contribution < -0.4 is 0 Å². The summed E-state index contributed by atoms with van der Waals surface area (Å²) in [5.41, 5.74) is -1.48. The monoisotopic (exact) mass is 336 g/mol. The summed E-state index contributed by atoms with van der Waals surface area (Å²) >= 11 is 0. The van der Waals surface area contributed by atoms with Crippen LogP contribution in [0.5, 0.6) is 0 Å². The van der Waals surface area contributed by atoms with E-state index in [4.69, 9.17) is 9.47 Å². The topological polar surface area (TPSA) is 52.6 Å². The summed E-state index contributed by atoms with van der Waals surface area (Å²) in [7, 11) is 1.41. The van der Waals surface area contributed by atoms with Gasteiger partial charge in [0.15, 0.2) is 11.2 Å². The van der Waals surface area contributed by atoms with Crippen molar-refractivity contribution in [2.24, 2.45) is 17.3 Å². The van der Waals surface area contributed by atoms with Gasteiger partial charge in [-0.1, -0.05) is 51.9 Å². The van der Waals surface area contributed by atoms with Crippen molar-refractivity contribution in [2.45, 2.75) is 89.8 Å². The van der Waals surface area contributed by atoms with Crippen LogP contribution in [0.15, 0.2) is 0 Å². The van der Waals surface area contributed by atoms with Crippen molar-refractivity contribution in [1.29, 1.82) is 0 Å². The maximum Gasteiger partial charge on any atom is 0.322 e. The van der Waals surface area contributed by atoms with Crippen LogP contribution in [-0.2, 0) is 19.1 Å². The third-order valence-electron chi connectivity index (χ3n) is 6.73. The smallest absolute Gasteiger partial charge is 0.322 e. The van der Waals surface area contributed by atoms with Crippen LogP contribution in [0, 0.1) is 17.3 Å². The summed E-state index contributed by atoms with van der Waals surface area (Å²) < 4.78 is 11.6. The number of carbonyl (C=O) groups excluding carboxylic acids is 2. The van der Waals surface area contributed by atoms with E-state index in [1.807, 2.05) is 0 Å². The normalized spacial score (nSPS) is 43.6. The average molecular weight is 336 g/mol. The van der Waals surface area contributed by atoms with Gasteiger partial charge in [0.2, 0.25) is 0 Å². The van der Waals surface area contributed by atoms with E-state index in [-0.39, 0.29) is 29.7 Å². The lowest BCUT2D eigenvalue weighted by Gasteiger charge is -2.47. The van der Waals surface area contributed by atoms with Gasteiger partial charge in [-0.15, -0.1) is 0 Å². The highest BCUT2D eigenvalue weighted by molar-refractivity contribution is 6.07. The molecule has 3 aliphatic rings. The standard InChI is InChI=1S/C20H32O4/c1-14-13-19(2)15-11-9-7-5-4-6-8-10-12-20(16(15)21,17(14)24-19)18(22)23-3/h14-15,17H,4-13H2,1-3H3/t14-,15+,17-,19+,20-/m0/s1. The number of esters is 1. The van der Waals surface area contributed by atoms with Gasteiger partial charge in [-0.3, -0.25) is 9.59 Å². The van der Waals surface area contributed by atoms with Crippen molar-refractivity contribution in [3.63, 3.8) is 0 Å². The number of hydrogen-bond donors (Lipinski definition) is 0. The molecule has 0 radical (unpaired) electrons. The van der Waals surface area contributed by atoms with E-state index >= 15 is 0 Å². The number of ether oxygens (including phenoxy) is 2. The molecule has 1 aliphatic carbocycles. The minimum Gasteiger partial charge on any atom is -0.468 e. The number of fused-ring (bicyclic) bond motifs is 6. The van der Waals surface area contributed by atoms with Gasteiger partial charge in [-0.2, -0.15) is 0 Å². The molecule has 0 amide bonds. The van der Waals surface area contributed by atoms with Crippen LogP contribution in [0.4, 0.5) is 0 Å². The quantitative estimate of drug-likeness (QED) is 0.535. The van der Waals surface area contributed by atoms with E-state index in [1.165, 1.54) is 32.8 Å². The van der Waals surface area contributed by atoms with E-state index in [0.29, 0.717) is 6.42 Å². The molecule has 0 unspecified atom stereocenters. The Hall–Kier alpha value is -0.900. The molecule has 0 aromatic heterocycles. The van der Waals surface area contributed by atoms with Gasteiger partial charge in [0, 0.05) is 5.92 Å². The molecule has 24 heavy (non-hydrogen) atoms. The van der Waals surface area contributed by atoms with Crippen molar-refractivity contribution in [3.05, 3.63) is 0 Å². The zero-order valence-electron chi connectivity index (χ0n) is 15.4. The second-order valence-corrected chi connectivity index (χ2v) is 8.43. The molecule has 5 atom stereocenters. The van der Waals surface area contributed by atoms with Crippen molar-refractivity contribution in [2.75, 3.05) is 7.11 Å². The van der Waals surface area contributed by atoms with E-state index in [0.717, 1.165) is 32.1 Å². The van der Waals surface area contributed by atoms with Crippen LogP contribution in [0.3, 0.4) is 0 Å². The highest BCUT2D eigenvalue weighted by atomic mass is 16.5. The van der Waals surface area contributed by atoms with Crippen LogP contribution in [0.25, 0.3) is 0 Å². The Bertz CT molecular complexity index is 502. The molecule has 0 aromatic carbocycles. The molecule has 4 bridgehead atoms. The molecule has 2 aliphatic heterocycles. The minimum absolute atomic E-state index is 0.109. The Kier molecular flexibility index (Phi) is 5.06. The number of methoxy groups -OCH3 is 1. The molecule has 3 rings (SSSR count). The molecular formula is C20H32O4. The SMILES string of the molecule is COC(=O)[C@@]12CCCCCCCCC[C@H](C1=O)[C@@]1(C)C[C@H](C)[C@@H]2O1. The van der Waals surface area contributed by atoms with Crippen molar-refractivity contribution < 1.29 is 19.1 Å². The molecule has 2 saturated heterocycles. The molecule has 136 valence electrons. The molecule has 0 aromatic rings. The summed E-state index contributed by atoms with van der Waals surface area (Å²) in [6.07, 6.45) is 9.87. The predicted molar refractivity (Wildman–Crippen MR) is 91.6 cm³/mol. The highest BCUT2D eigenvalue weighted by Gasteiger charge is 2.68. The van der Waals surface area contributed by atoms with Gasteiger partial charge in [0.25, 0.3) is 0 Å². The number of hydrogen-bond acceptors (Lipinski definition) is 4. The van der Waals surface area contributed by atoms with E-state index in [1.54, 1.807) is 0 Å². The van der Waals surface area contributed by atoms with Crippen LogP contribution in [0.1, 0.15) is 78.1 Å². The van der Waals surface area contributed by atoms with E-state index in [9.17, 15) is 9.59 Å². The Morgan fingerprint density at radius 3 is 2.42 bits per heavy atom. The fourth-order valence-corrected chi connectivity index (χ4v) is 5.58. The van der Waals surface area contributed by atoms with Gasteiger partial charge in [-0.05, 0) is 32.1 Å². The number of ketones is 1. The highest BCUT2D eigenvalue weighted by Crippen LogP contribution is 2.56. The molecule has 2 heterocycles. The Morgan fingerprint density at radius 2 is 1.75 bits per heavy atom. The van der Waals surface area contributed by atoms with Crippen LogP contribution >= 0.6 is 0 Å². The number of Topliss-reactive ketones (excluding diaryl/α,β-unsaturated/α-hetero) is 1. The summed E-state index contributed by atoms with van der Waals surface area (Å²) in [5, 5.41) is 0. The summed E-state index contributed by atoms with van der Waals surface area (Å²) in [5.74, 6) is -0.209. The Morgan fingerprint density at radius 1 is 1.12 bits per heavy atom. The Balaban J connectivity index is 2.01. The van der Waals surface area contributed by atoms with Gasteiger partial charge in [-0.25, -0.2) is 0 Å². The molecule has 4 nitrogen and oxygen atoms in total. The zero-order chi connectivity index (χ0) is 17.4. The fourth-order valence-electron chi connectivity index (χ4n) is 5.58. The third kappa shape index (κ3) is 2.71. The minimum atomic E-state index is -1.08. The predicted octanol–water partition coefficient (Wildman–Crippen LogP) is 4.05. The molecule has 3 fully saturated rings. The second kappa shape index (κ2) is 6.78. The number of carbonyl (C=O) groups is 2. The fraction of sp³-hybridized carbons (Fsp3) is 0.900. The lowest BCUT2D eigenvalue weighted by atomic mass is 9.65. The van der Waals surface area contributed by atoms with Crippen molar-refractivity contribution in [3.8, 4) is 0 Å². The van der Waals surface area contributed by atoms with Gasteiger partial charge < -0.3 is 9.47 Å². The van der Waals surface area contributed by atoms with Crippen molar-refractivity contribution in [1.82, 2.24) is 0 Å². The first kappa shape index (κ1) is 17.9. The average Bonchev–Trinajstić information content (AvgIpc) is 2.83. The van der Waals surface area contributed by atoms with Gasteiger partial charge in [0.05, 0.1) is 18.8 Å². The first-order chi connectivity index (χ1) is 11.5. The zero-order valence-corrected chi connectivity index (χ0v) is 15.4. The second-order valence-electron chi connectivity index (χ2n) is 8.43. The first-order valence-corrected chi connectivity index (χ1v) is 9.76. The van der Waals surface area contributed by atoms with Crippen molar-refractivity contribution >= 4 is 11.8 Å². The molecule has 0 spiro atoms. The number of rotatable bonds is 1. The first-order valence-electron chi connectivity index (χ1n) is 9.76. The summed E-state index contributed by atoms with van der Waals surface area (Å²) in [6, 6.07) is 0. The van der Waals surface area contributed by atoms with Gasteiger partial charge in [0.1, 0.15) is 0 Å². The largest absolute Gasteiger partial charge is 0.468 e. The van der Waals surface area contributed by atoms with Crippen LogP contribution in [-0.4, -0.2) is 30.6 Å². The summed E-state index contributed by atoms with van der Waals surface area (Å²) in [6.45, 7) is 4.21. The third-order valence-corrected chi connectivity index (χ3v) is 6.73. The lowest BCUT2D eigenvalue weighted by molar-refractivity contribution is -0.199. The van der Waals surface area contributed by atoms with Crippen LogP contribution in [0.2, 0.25) is 0 Å². The molecule has 1 saturated carbocycles. The Labute approximate surface area is 145 Å². The summed E-state index contributed by atoms with van der Waals surface area (Å²) in [4.78, 5) is 26.4. The molecular weight excluding hydrogens is 304 g/mol.